The number of aryl methyl sites for hydroxylation is 2. The molecule has 0 bridgehead atoms. The van der Waals surface area contributed by atoms with E-state index in [0.717, 1.165) is 10.4 Å². The highest BCUT2D eigenvalue weighted by molar-refractivity contribution is 7.16. The number of benzene rings is 1. The van der Waals surface area contributed by atoms with E-state index in [1.54, 1.807) is 17.0 Å². The highest BCUT2D eigenvalue weighted by atomic mass is 35.5. The molecule has 2 aromatic heterocycles. The Bertz CT molecular complexity index is 1040. The molecule has 0 aliphatic heterocycles. The second-order valence-electron chi connectivity index (χ2n) is 6.23. The maximum Gasteiger partial charge on any atom is 0.261 e. The van der Waals surface area contributed by atoms with Crippen LogP contribution in [0.3, 0.4) is 0 Å². The maximum atomic E-state index is 12.7. The Morgan fingerprint density at radius 2 is 2.19 bits per heavy atom. The summed E-state index contributed by atoms with van der Waals surface area (Å²) < 4.78 is 2.19. The molecule has 0 atom stereocenters. The number of amides is 1. The Hall–Kier alpha value is -2.44. The third kappa shape index (κ3) is 4.46. The Morgan fingerprint density at radius 1 is 1.37 bits per heavy atom. The number of aromatic nitrogens is 2. The van der Waals surface area contributed by atoms with Gasteiger partial charge >= 0.3 is 0 Å². The number of hydrogen-bond donors (Lipinski definition) is 0. The van der Waals surface area contributed by atoms with Crippen molar-refractivity contribution in [3.05, 3.63) is 74.4 Å². The Balaban J connectivity index is 1.73. The zero-order valence-electron chi connectivity index (χ0n) is 15.0. The van der Waals surface area contributed by atoms with Gasteiger partial charge in [0, 0.05) is 24.4 Å². The monoisotopic (exact) mass is 401 g/mol. The van der Waals surface area contributed by atoms with Gasteiger partial charge in [-0.2, -0.15) is 0 Å². The Morgan fingerprint density at radius 3 is 2.89 bits per heavy atom. The molecule has 0 spiro atoms. The number of rotatable bonds is 7. The van der Waals surface area contributed by atoms with E-state index >= 15 is 0 Å². The number of hydrogen-bond acceptors (Lipinski definition) is 4. The van der Waals surface area contributed by atoms with Crippen molar-refractivity contribution in [2.24, 2.45) is 0 Å². The first-order valence-corrected chi connectivity index (χ1v) is 9.76. The predicted molar refractivity (Wildman–Crippen MR) is 110 cm³/mol. The number of nitrogens with zero attached hydrogens (tertiary/aromatic N) is 3. The lowest BCUT2D eigenvalue weighted by atomic mass is 10.1. The van der Waals surface area contributed by atoms with Crippen LogP contribution in [0.5, 0.6) is 0 Å². The summed E-state index contributed by atoms with van der Waals surface area (Å²) in [5, 5.41) is 0.570. The van der Waals surface area contributed by atoms with Crippen LogP contribution in [0.25, 0.3) is 10.9 Å². The molecule has 0 aliphatic carbocycles. The molecule has 3 rings (SSSR count). The zero-order chi connectivity index (χ0) is 19.4. The minimum atomic E-state index is -0.128. The minimum absolute atomic E-state index is 0.0457. The van der Waals surface area contributed by atoms with E-state index in [-0.39, 0.29) is 24.4 Å². The third-order valence-electron chi connectivity index (χ3n) is 4.30. The van der Waals surface area contributed by atoms with Crippen LogP contribution >= 0.6 is 22.9 Å². The van der Waals surface area contributed by atoms with Gasteiger partial charge in [0.25, 0.3) is 5.56 Å². The molecule has 0 saturated carbocycles. The van der Waals surface area contributed by atoms with Crippen LogP contribution in [0.2, 0.25) is 4.34 Å². The van der Waals surface area contributed by atoms with Crippen molar-refractivity contribution in [2.45, 2.75) is 26.4 Å². The third-order valence-corrected chi connectivity index (χ3v) is 5.52. The van der Waals surface area contributed by atoms with E-state index in [0.29, 0.717) is 28.3 Å². The zero-order valence-corrected chi connectivity index (χ0v) is 16.6. The Kier molecular flexibility index (Phi) is 6.08. The number of thiophene rings is 1. The molecule has 0 N–H and O–H groups in total. The lowest BCUT2D eigenvalue weighted by Crippen LogP contribution is -2.32. The lowest BCUT2D eigenvalue weighted by molar-refractivity contribution is -0.131. The predicted octanol–water partition coefficient (Wildman–Crippen LogP) is 4.02. The van der Waals surface area contributed by atoms with E-state index in [1.807, 2.05) is 31.2 Å². The SMILES string of the molecule is C=CCN(Cc1ccc(Cl)s1)C(=O)CCn1cnc2c(C)cccc2c1=O. The van der Waals surface area contributed by atoms with Crippen LogP contribution in [0.4, 0.5) is 0 Å². The van der Waals surface area contributed by atoms with Crippen molar-refractivity contribution in [3.8, 4) is 0 Å². The standard InChI is InChI=1S/C20H20ClN3O2S/c1-3-10-23(12-15-7-8-17(21)27-15)18(25)9-11-24-13-22-19-14(2)5-4-6-16(19)20(24)26/h3-8,13H,1,9-12H2,2H3. The van der Waals surface area contributed by atoms with Crippen molar-refractivity contribution in [2.75, 3.05) is 6.54 Å². The molecular weight excluding hydrogens is 382 g/mol. The van der Waals surface area contributed by atoms with Gasteiger partial charge < -0.3 is 4.90 Å². The number of halogens is 1. The molecule has 0 aliphatic rings. The lowest BCUT2D eigenvalue weighted by Gasteiger charge is -2.20. The van der Waals surface area contributed by atoms with Gasteiger partial charge in [-0.3, -0.25) is 14.2 Å². The molecule has 3 aromatic rings. The first-order valence-electron chi connectivity index (χ1n) is 8.57. The molecule has 7 heteroatoms. The fraction of sp³-hybridized carbons (Fsp3) is 0.250. The number of fused-ring (bicyclic) bond motifs is 1. The quantitative estimate of drug-likeness (QED) is 0.562. The molecule has 5 nitrogen and oxygen atoms in total. The van der Waals surface area contributed by atoms with Gasteiger partial charge in [-0.25, -0.2) is 4.98 Å². The molecule has 27 heavy (non-hydrogen) atoms. The average Bonchev–Trinajstić information content (AvgIpc) is 3.06. The van der Waals surface area contributed by atoms with Crippen LogP contribution < -0.4 is 5.56 Å². The van der Waals surface area contributed by atoms with Crippen molar-refractivity contribution < 1.29 is 4.79 Å². The molecule has 2 heterocycles. The minimum Gasteiger partial charge on any atom is -0.334 e. The number of carbonyl (C=O) groups is 1. The van der Waals surface area contributed by atoms with Gasteiger partial charge in [0.05, 0.1) is 28.1 Å². The van der Waals surface area contributed by atoms with Gasteiger partial charge in [0.1, 0.15) is 0 Å². The summed E-state index contributed by atoms with van der Waals surface area (Å²) in [6.07, 6.45) is 3.42. The number of para-hydroxylation sites is 1. The largest absolute Gasteiger partial charge is 0.334 e. The van der Waals surface area contributed by atoms with Crippen LogP contribution in [-0.4, -0.2) is 26.9 Å². The molecule has 0 radical (unpaired) electrons. The summed E-state index contributed by atoms with van der Waals surface area (Å²) in [5.41, 5.74) is 1.53. The smallest absolute Gasteiger partial charge is 0.261 e. The summed E-state index contributed by atoms with van der Waals surface area (Å²) in [5.74, 6) is -0.0457. The fourth-order valence-electron chi connectivity index (χ4n) is 2.91. The normalized spacial score (nSPS) is 10.9. The highest BCUT2D eigenvalue weighted by Crippen LogP contribution is 2.23. The highest BCUT2D eigenvalue weighted by Gasteiger charge is 2.15. The maximum absolute atomic E-state index is 12.7. The van der Waals surface area contributed by atoms with E-state index in [4.69, 9.17) is 11.6 Å². The molecule has 0 fully saturated rings. The van der Waals surface area contributed by atoms with Gasteiger partial charge in [0.2, 0.25) is 5.91 Å². The molecule has 0 unspecified atom stereocenters. The summed E-state index contributed by atoms with van der Waals surface area (Å²) in [6.45, 7) is 6.85. The molecule has 0 saturated heterocycles. The second kappa shape index (κ2) is 8.50. The van der Waals surface area contributed by atoms with Gasteiger partial charge in [-0.15, -0.1) is 17.9 Å². The van der Waals surface area contributed by atoms with E-state index < -0.39 is 0 Å². The van der Waals surface area contributed by atoms with Crippen molar-refractivity contribution in [3.63, 3.8) is 0 Å². The van der Waals surface area contributed by atoms with Crippen molar-refractivity contribution >= 4 is 39.7 Å². The van der Waals surface area contributed by atoms with E-state index in [1.165, 1.54) is 22.2 Å². The summed E-state index contributed by atoms with van der Waals surface area (Å²) >= 11 is 7.42. The molecular formula is C20H20ClN3O2S. The van der Waals surface area contributed by atoms with Crippen LogP contribution in [0.1, 0.15) is 16.9 Å². The first kappa shape index (κ1) is 19.3. The second-order valence-corrected chi connectivity index (χ2v) is 8.03. The molecule has 140 valence electrons. The van der Waals surface area contributed by atoms with E-state index in [9.17, 15) is 9.59 Å². The summed E-state index contributed by atoms with van der Waals surface area (Å²) in [7, 11) is 0. The number of carbonyl (C=O) groups excluding carboxylic acids is 1. The van der Waals surface area contributed by atoms with Gasteiger partial charge in [0.15, 0.2) is 0 Å². The molecule has 1 aromatic carbocycles. The van der Waals surface area contributed by atoms with E-state index in [2.05, 4.69) is 11.6 Å². The van der Waals surface area contributed by atoms with Crippen molar-refractivity contribution in [1.29, 1.82) is 0 Å². The van der Waals surface area contributed by atoms with Gasteiger partial charge in [-0.1, -0.05) is 29.8 Å². The summed E-state index contributed by atoms with van der Waals surface area (Å²) in [6, 6.07) is 9.26. The summed E-state index contributed by atoms with van der Waals surface area (Å²) in [4.78, 5) is 32.4. The van der Waals surface area contributed by atoms with Crippen molar-refractivity contribution in [1.82, 2.24) is 14.5 Å². The van der Waals surface area contributed by atoms with Crippen LogP contribution in [-0.2, 0) is 17.9 Å². The molecule has 1 amide bonds. The Labute approximate surface area is 166 Å². The van der Waals surface area contributed by atoms with Crippen LogP contribution in [0, 0.1) is 6.92 Å². The van der Waals surface area contributed by atoms with Crippen LogP contribution in [0.15, 0.2) is 54.1 Å². The van der Waals surface area contributed by atoms with Gasteiger partial charge in [-0.05, 0) is 30.7 Å². The first-order chi connectivity index (χ1) is 13.0. The topological polar surface area (TPSA) is 55.2 Å². The average molecular weight is 402 g/mol. The fourth-order valence-corrected chi connectivity index (χ4v) is 4.01.